The molecular weight excluding hydrogens is 376 g/mol. The van der Waals surface area contributed by atoms with Gasteiger partial charge in [-0.2, -0.15) is 0 Å². The SMILES string of the molecule is CCCN1C(=O)[C@@H]2[C@H](C1=O)[C@H](C(=O)c1ccc(C)cc1)N1c3ccccc3C=C[C@@H]21. The van der Waals surface area contributed by atoms with Gasteiger partial charge in [0.2, 0.25) is 11.8 Å². The first-order valence-electron chi connectivity index (χ1n) is 10.5. The number of hydrogen-bond donors (Lipinski definition) is 0. The molecule has 3 heterocycles. The van der Waals surface area contributed by atoms with E-state index in [2.05, 4.69) is 0 Å². The third kappa shape index (κ3) is 2.58. The zero-order chi connectivity index (χ0) is 21.0. The lowest BCUT2D eigenvalue weighted by atomic mass is 9.86. The predicted octanol–water partition coefficient (Wildman–Crippen LogP) is 3.47. The van der Waals surface area contributed by atoms with Crippen molar-refractivity contribution in [2.75, 3.05) is 11.4 Å². The molecule has 30 heavy (non-hydrogen) atoms. The van der Waals surface area contributed by atoms with Crippen LogP contribution in [0.25, 0.3) is 6.08 Å². The van der Waals surface area contributed by atoms with Crippen LogP contribution in [0.4, 0.5) is 5.69 Å². The number of para-hydroxylation sites is 1. The molecule has 5 rings (SSSR count). The topological polar surface area (TPSA) is 57.7 Å². The monoisotopic (exact) mass is 400 g/mol. The average molecular weight is 400 g/mol. The van der Waals surface area contributed by atoms with Gasteiger partial charge in [-0.1, -0.05) is 67.1 Å². The van der Waals surface area contributed by atoms with E-state index in [1.165, 1.54) is 4.90 Å². The van der Waals surface area contributed by atoms with Crippen molar-refractivity contribution in [3.8, 4) is 0 Å². The van der Waals surface area contributed by atoms with Gasteiger partial charge in [-0.15, -0.1) is 0 Å². The minimum absolute atomic E-state index is 0.0999. The fraction of sp³-hybridized carbons (Fsp3) is 0.320. The van der Waals surface area contributed by atoms with Crippen molar-refractivity contribution >= 4 is 29.4 Å². The molecule has 0 unspecified atom stereocenters. The number of fused-ring (bicyclic) bond motifs is 5. The highest BCUT2D eigenvalue weighted by atomic mass is 16.2. The Morgan fingerprint density at radius 2 is 1.67 bits per heavy atom. The van der Waals surface area contributed by atoms with Crippen LogP contribution in [0.5, 0.6) is 0 Å². The Bertz CT molecular complexity index is 1070. The summed E-state index contributed by atoms with van der Waals surface area (Å²) in [7, 11) is 0. The highest BCUT2D eigenvalue weighted by Crippen LogP contribution is 2.48. The van der Waals surface area contributed by atoms with Gasteiger partial charge in [-0.3, -0.25) is 19.3 Å². The molecule has 5 nitrogen and oxygen atoms in total. The van der Waals surface area contributed by atoms with E-state index in [0.717, 1.165) is 16.8 Å². The van der Waals surface area contributed by atoms with Crippen LogP contribution in [0, 0.1) is 18.8 Å². The molecule has 0 aromatic heterocycles. The number of imide groups is 1. The van der Waals surface area contributed by atoms with Gasteiger partial charge in [0, 0.05) is 17.8 Å². The Hall–Kier alpha value is -3.21. The fourth-order valence-corrected chi connectivity index (χ4v) is 5.21. The second-order valence-electron chi connectivity index (χ2n) is 8.37. The standard InChI is InChI=1S/C25H24N2O3/c1-3-14-26-24(29)20-19-13-12-16-6-4-5-7-18(16)27(19)22(21(20)25(26)30)23(28)17-10-8-15(2)9-11-17/h4-13,19-22H,3,14H2,1-2H3/t19-,20-,21-,22+/m0/s1. The van der Waals surface area contributed by atoms with Gasteiger partial charge in [0.15, 0.2) is 5.78 Å². The second-order valence-corrected chi connectivity index (χ2v) is 8.37. The van der Waals surface area contributed by atoms with Gasteiger partial charge in [-0.25, -0.2) is 0 Å². The molecule has 2 amide bonds. The zero-order valence-corrected chi connectivity index (χ0v) is 17.1. The summed E-state index contributed by atoms with van der Waals surface area (Å²) in [6.45, 7) is 4.33. The summed E-state index contributed by atoms with van der Waals surface area (Å²) in [6, 6.07) is 14.3. The van der Waals surface area contributed by atoms with E-state index in [1.807, 2.05) is 79.4 Å². The Kier molecular flexibility index (Phi) is 4.35. The first-order valence-corrected chi connectivity index (χ1v) is 10.5. The number of carbonyl (C=O) groups is 3. The molecular formula is C25H24N2O3. The first kappa shape index (κ1) is 18.8. The van der Waals surface area contributed by atoms with Gasteiger partial charge < -0.3 is 4.90 Å². The summed E-state index contributed by atoms with van der Waals surface area (Å²) >= 11 is 0. The van der Waals surface area contributed by atoms with Crippen LogP contribution in [-0.2, 0) is 9.59 Å². The number of carbonyl (C=O) groups excluding carboxylic acids is 3. The van der Waals surface area contributed by atoms with E-state index in [-0.39, 0.29) is 23.6 Å². The van der Waals surface area contributed by atoms with Crippen molar-refractivity contribution in [2.24, 2.45) is 11.8 Å². The number of benzene rings is 2. The number of likely N-dealkylation sites (tertiary alicyclic amines) is 1. The molecule has 152 valence electrons. The molecule has 3 aliphatic heterocycles. The largest absolute Gasteiger partial charge is 0.352 e. The van der Waals surface area contributed by atoms with E-state index in [9.17, 15) is 14.4 Å². The van der Waals surface area contributed by atoms with Crippen LogP contribution >= 0.6 is 0 Å². The van der Waals surface area contributed by atoms with Crippen LogP contribution in [-0.4, -0.2) is 41.1 Å². The quantitative estimate of drug-likeness (QED) is 0.583. The maximum absolute atomic E-state index is 13.7. The highest BCUT2D eigenvalue weighted by molar-refractivity contribution is 6.14. The number of nitrogens with zero attached hydrogens (tertiary/aromatic N) is 2. The molecule has 2 saturated heterocycles. The Morgan fingerprint density at radius 1 is 0.967 bits per heavy atom. The third-order valence-corrected chi connectivity index (χ3v) is 6.56. The Morgan fingerprint density at radius 3 is 2.40 bits per heavy atom. The van der Waals surface area contributed by atoms with Crippen molar-refractivity contribution in [1.29, 1.82) is 0 Å². The minimum atomic E-state index is -0.688. The molecule has 0 bridgehead atoms. The summed E-state index contributed by atoms with van der Waals surface area (Å²) in [5.41, 5.74) is 3.56. The lowest BCUT2D eigenvalue weighted by molar-refractivity contribution is -0.140. The summed E-state index contributed by atoms with van der Waals surface area (Å²) in [4.78, 5) is 43.7. The molecule has 2 aromatic rings. The average Bonchev–Trinajstić information content (AvgIpc) is 3.23. The van der Waals surface area contributed by atoms with Crippen molar-refractivity contribution in [3.63, 3.8) is 0 Å². The molecule has 0 saturated carbocycles. The number of ketones is 1. The van der Waals surface area contributed by atoms with Gasteiger partial charge >= 0.3 is 0 Å². The number of hydrogen-bond acceptors (Lipinski definition) is 4. The molecule has 4 atom stereocenters. The third-order valence-electron chi connectivity index (χ3n) is 6.56. The molecule has 5 heteroatoms. The maximum atomic E-state index is 13.7. The van der Waals surface area contributed by atoms with Crippen LogP contribution in [0.3, 0.4) is 0 Å². The lowest BCUT2D eigenvalue weighted by Gasteiger charge is -2.36. The van der Waals surface area contributed by atoms with Crippen molar-refractivity contribution in [1.82, 2.24) is 4.90 Å². The number of Topliss-reactive ketones (excluding diaryl/α,β-unsaturated/α-hetero) is 1. The Labute approximate surface area is 176 Å². The Balaban J connectivity index is 1.65. The minimum Gasteiger partial charge on any atom is -0.352 e. The van der Waals surface area contributed by atoms with Crippen molar-refractivity contribution in [3.05, 3.63) is 71.3 Å². The van der Waals surface area contributed by atoms with Gasteiger partial charge in [-0.05, 0) is 25.0 Å². The van der Waals surface area contributed by atoms with E-state index in [0.29, 0.717) is 18.5 Å². The van der Waals surface area contributed by atoms with Crippen LogP contribution in [0.15, 0.2) is 54.6 Å². The van der Waals surface area contributed by atoms with E-state index in [4.69, 9.17) is 0 Å². The molecule has 2 fully saturated rings. The zero-order valence-electron chi connectivity index (χ0n) is 17.1. The van der Waals surface area contributed by atoms with Crippen molar-refractivity contribution in [2.45, 2.75) is 32.4 Å². The summed E-state index contributed by atoms with van der Waals surface area (Å²) in [5.74, 6) is -1.63. The summed E-state index contributed by atoms with van der Waals surface area (Å²) < 4.78 is 0. The predicted molar refractivity (Wildman–Crippen MR) is 115 cm³/mol. The van der Waals surface area contributed by atoms with E-state index >= 15 is 0 Å². The van der Waals surface area contributed by atoms with Crippen LogP contribution < -0.4 is 4.90 Å². The molecule has 0 N–H and O–H groups in total. The number of anilines is 1. The van der Waals surface area contributed by atoms with Crippen LogP contribution in [0.2, 0.25) is 0 Å². The fourth-order valence-electron chi connectivity index (χ4n) is 5.21. The van der Waals surface area contributed by atoms with Gasteiger partial charge in [0.05, 0.1) is 17.9 Å². The lowest BCUT2D eigenvalue weighted by Crippen LogP contribution is -2.48. The summed E-state index contributed by atoms with van der Waals surface area (Å²) in [6.07, 6.45) is 4.70. The number of aryl methyl sites for hydroxylation is 1. The van der Waals surface area contributed by atoms with E-state index in [1.54, 1.807) is 0 Å². The normalized spacial score (nSPS) is 26.6. The molecule has 3 aliphatic rings. The molecule has 0 spiro atoms. The van der Waals surface area contributed by atoms with Gasteiger partial charge in [0.1, 0.15) is 6.04 Å². The summed E-state index contributed by atoms with van der Waals surface area (Å²) in [5, 5.41) is 0. The maximum Gasteiger partial charge on any atom is 0.235 e. The first-order chi connectivity index (χ1) is 14.5. The molecule has 0 radical (unpaired) electrons. The smallest absolute Gasteiger partial charge is 0.235 e. The molecule has 2 aromatic carbocycles. The number of rotatable bonds is 4. The highest BCUT2D eigenvalue weighted by Gasteiger charge is 2.63. The number of amides is 2. The second kappa shape index (κ2) is 6.94. The van der Waals surface area contributed by atoms with Gasteiger partial charge in [0.25, 0.3) is 0 Å². The van der Waals surface area contributed by atoms with Crippen LogP contribution in [0.1, 0.15) is 34.8 Å². The molecule has 0 aliphatic carbocycles. The van der Waals surface area contributed by atoms with Crippen molar-refractivity contribution < 1.29 is 14.4 Å². The van der Waals surface area contributed by atoms with E-state index < -0.39 is 17.9 Å².